The van der Waals surface area contributed by atoms with E-state index >= 15 is 0 Å². The van der Waals surface area contributed by atoms with Crippen molar-refractivity contribution in [3.8, 4) is 0 Å². The van der Waals surface area contributed by atoms with Crippen molar-refractivity contribution in [1.82, 2.24) is 0 Å². The van der Waals surface area contributed by atoms with E-state index < -0.39 is 5.54 Å². The van der Waals surface area contributed by atoms with Gasteiger partial charge in [0.1, 0.15) is 0 Å². The van der Waals surface area contributed by atoms with Crippen LogP contribution in [0.4, 0.5) is 11.4 Å². The Bertz CT molecular complexity index is 1150. The fourth-order valence-corrected chi connectivity index (χ4v) is 4.04. The Morgan fingerprint density at radius 2 is 1.47 bits per heavy atom. The van der Waals surface area contributed by atoms with Crippen molar-refractivity contribution < 1.29 is 9.59 Å². The summed E-state index contributed by atoms with van der Waals surface area (Å²) >= 11 is 0. The van der Waals surface area contributed by atoms with Crippen molar-refractivity contribution in [1.29, 1.82) is 0 Å². The van der Waals surface area contributed by atoms with Crippen LogP contribution in [0.2, 0.25) is 0 Å². The molecule has 0 unspecified atom stereocenters. The van der Waals surface area contributed by atoms with Crippen molar-refractivity contribution in [3.05, 3.63) is 102 Å². The molecule has 30 heavy (non-hydrogen) atoms. The van der Waals surface area contributed by atoms with E-state index in [0.29, 0.717) is 16.8 Å². The van der Waals surface area contributed by atoms with Crippen LogP contribution in [0.5, 0.6) is 0 Å². The number of nitrogens with zero attached hydrogens (tertiary/aromatic N) is 1. The molecule has 1 heterocycles. The van der Waals surface area contributed by atoms with Crippen LogP contribution in [0.25, 0.3) is 5.57 Å². The summed E-state index contributed by atoms with van der Waals surface area (Å²) in [5.74, 6) is -0.398. The predicted molar refractivity (Wildman–Crippen MR) is 122 cm³/mol. The number of anilines is 2. The van der Waals surface area contributed by atoms with Gasteiger partial charge < -0.3 is 5.32 Å². The third kappa shape index (κ3) is 3.52. The van der Waals surface area contributed by atoms with E-state index in [0.717, 1.165) is 16.8 Å². The zero-order valence-corrected chi connectivity index (χ0v) is 17.3. The zero-order chi connectivity index (χ0) is 21.3. The number of carbonyl (C=O) groups is 2. The van der Waals surface area contributed by atoms with E-state index in [2.05, 4.69) is 18.3 Å². The lowest BCUT2D eigenvalue weighted by molar-refractivity contribution is 0.0971. The van der Waals surface area contributed by atoms with Gasteiger partial charge in [0, 0.05) is 11.1 Å². The fraction of sp³-hybridized carbons (Fsp3) is 0.154. The van der Waals surface area contributed by atoms with Crippen molar-refractivity contribution in [2.75, 3.05) is 10.2 Å². The van der Waals surface area contributed by atoms with Crippen LogP contribution in [0.1, 0.15) is 47.1 Å². The molecule has 0 saturated heterocycles. The molecule has 0 bridgehead atoms. The molecule has 1 N–H and O–H groups in total. The lowest BCUT2D eigenvalue weighted by Crippen LogP contribution is -2.49. The molecule has 150 valence electrons. The van der Waals surface area contributed by atoms with E-state index in [1.807, 2.05) is 73.3 Å². The second-order valence-electron chi connectivity index (χ2n) is 8.00. The molecule has 0 spiro atoms. The Labute approximate surface area is 176 Å². The molecule has 2 amide bonds. The highest BCUT2D eigenvalue weighted by Gasteiger charge is 2.36. The maximum absolute atomic E-state index is 13.8. The molecule has 3 aromatic rings. The number of hydrogen-bond donors (Lipinski definition) is 1. The number of carbonyl (C=O) groups excluding carboxylic acids is 2. The van der Waals surface area contributed by atoms with E-state index in [-0.39, 0.29) is 11.8 Å². The number of nitrogens with one attached hydrogen (secondary N) is 1. The molecule has 0 radical (unpaired) electrons. The molecule has 0 saturated carbocycles. The van der Waals surface area contributed by atoms with Gasteiger partial charge in [-0.1, -0.05) is 54.6 Å². The normalized spacial score (nSPS) is 14.5. The molecule has 0 atom stereocenters. The molecule has 4 nitrogen and oxygen atoms in total. The first-order valence-electron chi connectivity index (χ1n) is 9.97. The van der Waals surface area contributed by atoms with Gasteiger partial charge in [-0.15, -0.1) is 0 Å². The average molecular weight is 396 g/mol. The summed E-state index contributed by atoms with van der Waals surface area (Å²) in [4.78, 5) is 28.3. The smallest absolute Gasteiger partial charge is 0.261 e. The Morgan fingerprint density at radius 3 is 2.23 bits per heavy atom. The van der Waals surface area contributed by atoms with E-state index in [4.69, 9.17) is 0 Å². The summed E-state index contributed by atoms with van der Waals surface area (Å²) in [6.07, 6.45) is 2.11. The third-order valence-corrected chi connectivity index (χ3v) is 5.36. The number of rotatable bonds is 3. The van der Waals surface area contributed by atoms with Gasteiger partial charge in [0.15, 0.2) is 0 Å². The summed E-state index contributed by atoms with van der Waals surface area (Å²) < 4.78 is 0. The number of para-hydroxylation sites is 2. The monoisotopic (exact) mass is 396 g/mol. The molecule has 0 aromatic heterocycles. The number of hydrogen-bond acceptors (Lipinski definition) is 2. The summed E-state index contributed by atoms with van der Waals surface area (Å²) in [5.41, 5.74) is 4.04. The lowest BCUT2D eigenvalue weighted by atomic mass is 9.88. The minimum atomic E-state index is -0.508. The van der Waals surface area contributed by atoms with Gasteiger partial charge >= 0.3 is 0 Å². The molecule has 0 aliphatic carbocycles. The van der Waals surface area contributed by atoms with Crippen molar-refractivity contribution in [3.63, 3.8) is 0 Å². The molecule has 3 aromatic carbocycles. The van der Waals surface area contributed by atoms with E-state index in [1.165, 1.54) is 0 Å². The molecule has 1 aliphatic heterocycles. The Balaban J connectivity index is 1.73. The minimum absolute atomic E-state index is 0.153. The number of amides is 2. The highest BCUT2D eigenvalue weighted by Crippen LogP contribution is 2.40. The van der Waals surface area contributed by atoms with E-state index in [9.17, 15) is 9.59 Å². The highest BCUT2D eigenvalue weighted by atomic mass is 16.2. The molecular formula is C26H24N2O2. The van der Waals surface area contributed by atoms with E-state index in [1.54, 1.807) is 24.3 Å². The summed E-state index contributed by atoms with van der Waals surface area (Å²) in [6.45, 7) is 6.11. The summed E-state index contributed by atoms with van der Waals surface area (Å²) in [7, 11) is 0. The fourth-order valence-electron chi connectivity index (χ4n) is 4.04. The van der Waals surface area contributed by atoms with Gasteiger partial charge in [0.05, 0.1) is 22.5 Å². The first-order chi connectivity index (χ1) is 14.4. The van der Waals surface area contributed by atoms with Crippen LogP contribution >= 0.6 is 0 Å². The van der Waals surface area contributed by atoms with Crippen LogP contribution in [-0.4, -0.2) is 17.4 Å². The highest BCUT2D eigenvalue weighted by molar-refractivity contribution is 6.15. The van der Waals surface area contributed by atoms with Gasteiger partial charge in [-0.25, -0.2) is 0 Å². The standard InChI is InChI=1S/C26H24N2O2/c1-18-17-26(2,3)28(23-16-10-8-13-20(18)23)25(30)21-14-7-9-15-22(21)27-24(29)19-11-5-4-6-12-19/h4-17H,1-3H3,(H,27,29). The van der Waals surface area contributed by atoms with Crippen molar-refractivity contribution in [2.45, 2.75) is 26.3 Å². The van der Waals surface area contributed by atoms with Crippen LogP contribution in [0.3, 0.4) is 0 Å². The van der Waals surface area contributed by atoms with Crippen LogP contribution < -0.4 is 10.2 Å². The van der Waals surface area contributed by atoms with Crippen molar-refractivity contribution in [2.24, 2.45) is 0 Å². The van der Waals surface area contributed by atoms with Gasteiger partial charge in [0.25, 0.3) is 11.8 Å². The zero-order valence-electron chi connectivity index (χ0n) is 17.3. The van der Waals surface area contributed by atoms with Crippen LogP contribution in [0, 0.1) is 0 Å². The molecular weight excluding hydrogens is 372 g/mol. The largest absolute Gasteiger partial charge is 0.321 e. The van der Waals surface area contributed by atoms with Crippen LogP contribution in [0.15, 0.2) is 84.9 Å². The molecule has 1 aliphatic rings. The van der Waals surface area contributed by atoms with Gasteiger partial charge in [0.2, 0.25) is 0 Å². The van der Waals surface area contributed by atoms with Gasteiger partial charge in [-0.3, -0.25) is 14.5 Å². The number of allylic oxidation sites excluding steroid dienone is 1. The Hall–Kier alpha value is -3.66. The van der Waals surface area contributed by atoms with Gasteiger partial charge in [-0.05, 0) is 56.7 Å². The summed E-state index contributed by atoms with van der Waals surface area (Å²) in [5, 5.41) is 2.91. The first kappa shape index (κ1) is 19.6. The molecule has 4 rings (SSSR count). The molecule has 0 fully saturated rings. The second-order valence-corrected chi connectivity index (χ2v) is 8.00. The number of fused-ring (bicyclic) bond motifs is 1. The van der Waals surface area contributed by atoms with Crippen molar-refractivity contribution >= 4 is 28.8 Å². The second kappa shape index (κ2) is 7.64. The lowest BCUT2D eigenvalue weighted by Gasteiger charge is -2.41. The van der Waals surface area contributed by atoms with Crippen LogP contribution in [-0.2, 0) is 0 Å². The average Bonchev–Trinajstić information content (AvgIpc) is 2.74. The quantitative estimate of drug-likeness (QED) is 0.610. The maximum atomic E-state index is 13.8. The topological polar surface area (TPSA) is 49.4 Å². The number of benzene rings is 3. The molecule has 4 heteroatoms. The minimum Gasteiger partial charge on any atom is -0.321 e. The SMILES string of the molecule is CC1=CC(C)(C)N(C(=O)c2ccccc2NC(=O)c2ccccc2)c2ccccc21. The van der Waals surface area contributed by atoms with Gasteiger partial charge in [-0.2, -0.15) is 0 Å². The predicted octanol–water partition coefficient (Wildman–Crippen LogP) is 5.78. The maximum Gasteiger partial charge on any atom is 0.261 e. The first-order valence-corrected chi connectivity index (χ1v) is 9.97. The third-order valence-electron chi connectivity index (χ3n) is 5.36. The Morgan fingerprint density at radius 1 is 0.833 bits per heavy atom. The summed E-state index contributed by atoms with van der Waals surface area (Å²) in [6, 6.07) is 24.0. The Kier molecular flexibility index (Phi) is 5.00.